The summed E-state index contributed by atoms with van der Waals surface area (Å²) in [6.07, 6.45) is 2.68. The van der Waals surface area contributed by atoms with Crippen LogP contribution in [0.25, 0.3) is 10.8 Å². The van der Waals surface area contributed by atoms with Gasteiger partial charge in [-0.15, -0.1) is 0 Å². The Balaban J connectivity index is 1.73. The van der Waals surface area contributed by atoms with Crippen molar-refractivity contribution in [2.24, 2.45) is 0 Å². The van der Waals surface area contributed by atoms with E-state index in [0.717, 1.165) is 29.7 Å². The summed E-state index contributed by atoms with van der Waals surface area (Å²) in [6, 6.07) is 10.3. The van der Waals surface area contributed by atoms with Gasteiger partial charge < -0.3 is 10.4 Å². The second-order valence-electron chi connectivity index (χ2n) is 5.90. The van der Waals surface area contributed by atoms with E-state index in [1.807, 2.05) is 12.1 Å². The van der Waals surface area contributed by atoms with E-state index in [-0.39, 0.29) is 5.91 Å². The Bertz CT molecular complexity index is 725. The summed E-state index contributed by atoms with van der Waals surface area (Å²) in [4.78, 5) is 12.4. The lowest BCUT2D eigenvalue weighted by molar-refractivity contribution is -0.131. The number of aliphatic hydroxyl groups is 1. The van der Waals surface area contributed by atoms with E-state index < -0.39 is 5.60 Å². The largest absolute Gasteiger partial charge is 0.379 e. The van der Waals surface area contributed by atoms with Gasteiger partial charge in [0.15, 0.2) is 5.60 Å². The maximum atomic E-state index is 12.4. The van der Waals surface area contributed by atoms with Gasteiger partial charge in [0.05, 0.1) is 0 Å². The summed E-state index contributed by atoms with van der Waals surface area (Å²) in [7, 11) is 0. The molecule has 2 aromatic carbocycles. The first-order chi connectivity index (χ1) is 10.2. The second-order valence-corrected chi connectivity index (χ2v) is 7.01. The molecule has 1 amide bonds. The molecule has 4 rings (SSSR count). The minimum atomic E-state index is -1.21. The molecule has 1 heterocycles. The van der Waals surface area contributed by atoms with E-state index >= 15 is 0 Å². The third kappa shape index (κ3) is 2.05. The highest BCUT2D eigenvalue weighted by atomic mass is 32.2. The van der Waals surface area contributed by atoms with Gasteiger partial charge in [-0.2, -0.15) is 11.8 Å². The van der Waals surface area contributed by atoms with Crippen LogP contribution < -0.4 is 5.32 Å². The molecular formula is C17H17NO2S. The van der Waals surface area contributed by atoms with E-state index in [0.29, 0.717) is 12.2 Å². The average molecular weight is 299 g/mol. The monoisotopic (exact) mass is 299 g/mol. The van der Waals surface area contributed by atoms with Crippen molar-refractivity contribution >= 4 is 34.1 Å². The molecule has 3 nitrogen and oxygen atoms in total. The van der Waals surface area contributed by atoms with Gasteiger partial charge in [0, 0.05) is 16.8 Å². The van der Waals surface area contributed by atoms with E-state index in [1.54, 1.807) is 11.8 Å². The van der Waals surface area contributed by atoms with Crippen LogP contribution in [0, 0.1) is 0 Å². The molecule has 1 atom stereocenters. The zero-order valence-corrected chi connectivity index (χ0v) is 12.5. The third-order valence-corrected chi connectivity index (χ3v) is 5.72. The minimum absolute atomic E-state index is 0.272. The van der Waals surface area contributed by atoms with E-state index in [2.05, 4.69) is 23.5 Å². The summed E-state index contributed by atoms with van der Waals surface area (Å²) in [5, 5.41) is 15.7. The molecule has 2 aromatic rings. The molecule has 4 heteroatoms. The Labute approximate surface area is 127 Å². The zero-order chi connectivity index (χ0) is 14.4. The van der Waals surface area contributed by atoms with Crippen LogP contribution in [0.4, 0.5) is 5.69 Å². The van der Waals surface area contributed by atoms with Gasteiger partial charge >= 0.3 is 0 Å². The normalized spacial score (nSPS) is 23.7. The van der Waals surface area contributed by atoms with Crippen LogP contribution in [-0.2, 0) is 17.6 Å². The lowest BCUT2D eigenvalue weighted by atomic mass is 10.0. The fourth-order valence-corrected chi connectivity index (χ4v) is 4.57. The van der Waals surface area contributed by atoms with Crippen LogP contribution >= 0.6 is 11.8 Å². The molecule has 0 radical (unpaired) electrons. The van der Waals surface area contributed by atoms with Crippen molar-refractivity contribution in [2.45, 2.75) is 24.9 Å². The summed E-state index contributed by atoms with van der Waals surface area (Å²) in [5.74, 6) is 1.06. The summed E-state index contributed by atoms with van der Waals surface area (Å²) >= 11 is 1.63. The highest BCUT2D eigenvalue weighted by Crippen LogP contribution is 2.36. The van der Waals surface area contributed by atoms with Crippen molar-refractivity contribution in [3.05, 3.63) is 41.5 Å². The Morgan fingerprint density at radius 3 is 2.76 bits per heavy atom. The Kier molecular flexibility index (Phi) is 2.98. The fraction of sp³-hybridized carbons (Fsp3) is 0.353. The molecule has 0 spiro atoms. The van der Waals surface area contributed by atoms with Gasteiger partial charge in [0.1, 0.15) is 0 Å². The molecule has 1 aliphatic heterocycles. The number of nitrogens with one attached hydrogen (secondary N) is 1. The summed E-state index contributed by atoms with van der Waals surface area (Å²) in [6.45, 7) is 0. The van der Waals surface area contributed by atoms with Crippen LogP contribution in [0.2, 0.25) is 0 Å². The van der Waals surface area contributed by atoms with E-state index in [4.69, 9.17) is 0 Å². The molecule has 1 fully saturated rings. The van der Waals surface area contributed by atoms with Crippen LogP contribution in [0.15, 0.2) is 30.3 Å². The minimum Gasteiger partial charge on any atom is -0.379 e. The highest BCUT2D eigenvalue weighted by molar-refractivity contribution is 7.99. The first-order valence-electron chi connectivity index (χ1n) is 7.32. The number of anilines is 1. The van der Waals surface area contributed by atoms with Crippen molar-refractivity contribution in [3.63, 3.8) is 0 Å². The molecule has 21 heavy (non-hydrogen) atoms. The fourth-order valence-electron chi connectivity index (χ4n) is 3.33. The molecule has 1 aliphatic carbocycles. The second kappa shape index (κ2) is 4.75. The Morgan fingerprint density at radius 2 is 2.00 bits per heavy atom. The van der Waals surface area contributed by atoms with Crippen molar-refractivity contribution < 1.29 is 9.90 Å². The van der Waals surface area contributed by atoms with Gasteiger partial charge in [-0.1, -0.05) is 24.3 Å². The number of hydrogen-bond donors (Lipinski definition) is 2. The van der Waals surface area contributed by atoms with Crippen LogP contribution in [-0.4, -0.2) is 28.1 Å². The van der Waals surface area contributed by atoms with Gasteiger partial charge in [-0.05, 0) is 47.6 Å². The van der Waals surface area contributed by atoms with Crippen molar-refractivity contribution in [1.82, 2.24) is 0 Å². The van der Waals surface area contributed by atoms with Crippen LogP contribution in [0.5, 0.6) is 0 Å². The number of thioether (sulfide) groups is 1. The number of carbonyl (C=O) groups excluding carboxylic acids is 1. The molecule has 108 valence electrons. The van der Waals surface area contributed by atoms with E-state index in [9.17, 15) is 9.90 Å². The van der Waals surface area contributed by atoms with E-state index in [1.165, 1.54) is 16.5 Å². The maximum Gasteiger partial charge on any atom is 0.257 e. The average Bonchev–Trinajstić information content (AvgIpc) is 3.11. The molecule has 0 bridgehead atoms. The van der Waals surface area contributed by atoms with Crippen molar-refractivity contribution in [1.29, 1.82) is 0 Å². The van der Waals surface area contributed by atoms with Gasteiger partial charge in [-0.3, -0.25) is 4.79 Å². The number of hydrogen-bond acceptors (Lipinski definition) is 3. The van der Waals surface area contributed by atoms with Gasteiger partial charge in [0.2, 0.25) is 0 Å². The number of amides is 1. The molecule has 2 aliphatic rings. The zero-order valence-electron chi connectivity index (χ0n) is 11.7. The topological polar surface area (TPSA) is 49.3 Å². The van der Waals surface area contributed by atoms with Gasteiger partial charge in [0.25, 0.3) is 5.91 Å². The SMILES string of the molecule is O=C(Nc1ccc2c3c(cccc13)CC2)C1(O)CCSC1. The first kappa shape index (κ1) is 13.2. The lowest BCUT2D eigenvalue weighted by Gasteiger charge is -2.21. The number of carbonyl (C=O) groups is 1. The molecule has 2 N–H and O–H groups in total. The Morgan fingerprint density at radius 1 is 1.19 bits per heavy atom. The number of aryl methyl sites for hydroxylation is 2. The molecule has 1 unspecified atom stereocenters. The van der Waals surface area contributed by atoms with Gasteiger partial charge in [-0.25, -0.2) is 0 Å². The number of benzene rings is 2. The first-order valence-corrected chi connectivity index (χ1v) is 8.48. The maximum absolute atomic E-state index is 12.4. The predicted molar refractivity (Wildman–Crippen MR) is 86.9 cm³/mol. The van der Waals surface area contributed by atoms with Crippen LogP contribution in [0.3, 0.4) is 0 Å². The highest BCUT2D eigenvalue weighted by Gasteiger charge is 2.39. The standard InChI is InChI=1S/C17H17NO2S/c19-16(17(20)8-9-21-10-17)18-14-7-6-12-5-4-11-2-1-3-13(14)15(11)12/h1-3,6-7,20H,4-5,8-10H2,(H,18,19). The molecule has 1 saturated heterocycles. The van der Waals surface area contributed by atoms with Crippen molar-refractivity contribution in [2.75, 3.05) is 16.8 Å². The predicted octanol–water partition coefficient (Wildman–Crippen LogP) is 2.74. The van der Waals surface area contributed by atoms with Crippen molar-refractivity contribution in [3.8, 4) is 0 Å². The quantitative estimate of drug-likeness (QED) is 0.896. The third-order valence-electron chi connectivity index (χ3n) is 4.55. The summed E-state index contributed by atoms with van der Waals surface area (Å²) in [5.41, 5.74) is 2.31. The molecule has 0 aromatic heterocycles. The Hall–Kier alpha value is -1.52. The summed E-state index contributed by atoms with van der Waals surface area (Å²) < 4.78 is 0. The molecular weight excluding hydrogens is 282 g/mol. The van der Waals surface area contributed by atoms with Crippen LogP contribution in [0.1, 0.15) is 17.5 Å². The smallest absolute Gasteiger partial charge is 0.257 e. The number of rotatable bonds is 2. The lowest BCUT2D eigenvalue weighted by Crippen LogP contribution is -2.42. The molecule has 0 saturated carbocycles.